The Morgan fingerprint density at radius 3 is 0.613 bits per heavy atom. The molecule has 1 aliphatic heterocycles. The number of unbranched alkanes of at least 4 members (excludes halogenated alkanes) is 74. The molecule has 0 spiro atoms. The van der Waals surface area contributed by atoms with Crippen molar-refractivity contribution < 1.29 is 21.2 Å². The Labute approximate surface area is 760 Å². The van der Waals surface area contributed by atoms with Crippen molar-refractivity contribution >= 4 is 11.4 Å². The Balaban J connectivity index is 0.00000231. The Morgan fingerprint density at radius 2 is 0.420 bits per heavy atom. The molecule has 0 N–H and O–H groups in total. The molecule has 3 heteroatoms. The SMILES string of the molecule is CCCCCCCCCCCCCCCCCCCCCCCCCCCCC=CC1=C(c2cc(CC)c(CCCCCC)c(CC)c2)[N+](=[N-])C(c2cc(CC)c(CCCCCC)c(CC)c2)=C1CC.[CH2-]CCCCCCCCCCCCCCCCCCCCCCC.[CH2-]CCCCCCCCCCCCCCCCCCCCCCC.[Ni+2]. The van der Waals surface area contributed by atoms with Crippen LogP contribution >= 0.6 is 0 Å². The Kier molecular flexibility index (Phi) is 90.2. The van der Waals surface area contributed by atoms with Crippen LogP contribution in [0.5, 0.6) is 0 Å². The summed E-state index contributed by atoms with van der Waals surface area (Å²) in [6.07, 6.45) is 124. The van der Waals surface area contributed by atoms with Gasteiger partial charge in [-0.2, -0.15) is 12.8 Å². The van der Waals surface area contributed by atoms with E-state index in [-0.39, 0.29) is 16.5 Å². The minimum absolute atomic E-state index is 0. The molecule has 0 aliphatic carbocycles. The van der Waals surface area contributed by atoms with Gasteiger partial charge in [-0.25, -0.2) is 4.70 Å². The number of hydrogen-bond donors (Lipinski definition) is 0. The fourth-order valence-electron chi connectivity index (χ4n) is 19.0. The molecule has 119 heavy (non-hydrogen) atoms. The van der Waals surface area contributed by atoms with E-state index in [0.717, 1.165) is 75.6 Å². The summed E-state index contributed by atoms with van der Waals surface area (Å²) in [5.74, 6) is 0. The Morgan fingerprint density at radius 1 is 0.235 bits per heavy atom. The van der Waals surface area contributed by atoms with Gasteiger partial charge in [-0.05, 0) is 128 Å². The van der Waals surface area contributed by atoms with Gasteiger partial charge in [0.05, 0.1) is 5.57 Å². The maximum Gasteiger partial charge on any atom is 2.00 e. The van der Waals surface area contributed by atoms with Crippen LogP contribution in [0.2, 0.25) is 0 Å². The molecule has 2 nitrogen and oxygen atoms in total. The van der Waals surface area contributed by atoms with E-state index < -0.39 is 0 Å². The number of hydrogen-bond acceptors (Lipinski definition) is 0. The second-order valence-electron chi connectivity index (χ2n) is 37.7. The number of nitrogens with zero attached hydrogens (tertiary/aromatic N) is 2. The molecule has 1 aliphatic rings. The van der Waals surface area contributed by atoms with Crippen molar-refractivity contribution in [2.75, 3.05) is 0 Å². The maximum absolute atomic E-state index is 12.6. The molecule has 2 aromatic rings. The summed E-state index contributed by atoms with van der Waals surface area (Å²) >= 11 is 0. The first-order chi connectivity index (χ1) is 58.3. The van der Waals surface area contributed by atoms with Crippen LogP contribution in [0.1, 0.15) is 627 Å². The maximum atomic E-state index is 12.6. The van der Waals surface area contributed by atoms with Crippen LogP contribution in [0.3, 0.4) is 0 Å². The number of aryl methyl sites for hydroxylation is 4. The zero-order chi connectivity index (χ0) is 85.6. The smallest absolute Gasteiger partial charge is 0.493 e. The molecule has 696 valence electrons. The predicted molar refractivity (Wildman–Crippen MR) is 539 cm³/mol. The van der Waals surface area contributed by atoms with Crippen molar-refractivity contribution in [1.29, 1.82) is 0 Å². The zero-order valence-electron chi connectivity index (χ0n) is 82.9. The monoisotopic (exact) mass is 1690 g/mol. The summed E-state index contributed by atoms with van der Waals surface area (Å²) in [5.41, 5.74) is 28.4. The molecule has 0 saturated carbocycles. The third-order valence-electron chi connectivity index (χ3n) is 26.9. The van der Waals surface area contributed by atoms with Crippen LogP contribution in [0.25, 0.3) is 16.9 Å². The Bertz CT molecular complexity index is 2420. The molecule has 0 bridgehead atoms. The molecular weight excluding hydrogens is 1480 g/mol. The standard InChI is InChI=1S/C68H114N2.2C24H49.Ni/c1-9-17-20-23-24-25-26-27-28-29-30-31-32-33-34-35-36-37-38-39-40-41-42-43-44-45-46-49-52-66-63(16-8)67(61-53-57(12-4)64(58(13-5)54-61)50-47-21-18-10-2)70(69)68(66)62-55-59(14-6)65(60(15-7)56-62)51-48-22-19-11-3;2*1-3-5-7-9-11-13-15-17-19-21-23-24-22-20-18-16-14-12-10-8-6-4-2;/h49,52-56H,9-48,50-51H2,1-8H3;2*1,3-24H2,2H3;/q;2*-1;+2. The van der Waals surface area contributed by atoms with E-state index >= 15 is 0 Å². The van der Waals surface area contributed by atoms with E-state index in [4.69, 9.17) is 0 Å². The van der Waals surface area contributed by atoms with Crippen molar-refractivity contribution in [3.05, 3.63) is 111 Å². The first-order valence-corrected chi connectivity index (χ1v) is 54.8. The van der Waals surface area contributed by atoms with Gasteiger partial charge in [0, 0.05) is 16.7 Å². The van der Waals surface area contributed by atoms with Crippen molar-refractivity contribution in [1.82, 2.24) is 0 Å². The van der Waals surface area contributed by atoms with Gasteiger partial charge in [0.15, 0.2) is 0 Å². The summed E-state index contributed by atoms with van der Waals surface area (Å²) in [4.78, 5) is 0. The first-order valence-electron chi connectivity index (χ1n) is 54.8. The van der Waals surface area contributed by atoms with E-state index in [0.29, 0.717) is 0 Å². The van der Waals surface area contributed by atoms with E-state index in [9.17, 15) is 5.53 Å². The van der Waals surface area contributed by atoms with E-state index in [2.05, 4.69) is 120 Å². The minimum atomic E-state index is 0. The summed E-state index contributed by atoms with van der Waals surface area (Å²) in [6.45, 7) is 30.9. The molecule has 0 unspecified atom stereocenters. The van der Waals surface area contributed by atoms with Crippen molar-refractivity contribution in [3.63, 3.8) is 0 Å². The molecule has 2 aromatic carbocycles. The number of rotatable bonds is 87. The van der Waals surface area contributed by atoms with Crippen LogP contribution in [0, 0.1) is 13.8 Å². The van der Waals surface area contributed by atoms with Gasteiger partial charge < -0.3 is 19.4 Å². The van der Waals surface area contributed by atoms with E-state index in [1.165, 1.54) is 533 Å². The second kappa shape index (κ2) is 91.9. The summed E-state index contributed by atoms with van der Waals surface area (Å²) in [7, 11) is 0. The van der Waals surface area contributed by atoms with Crippen LogP contribution in [0.4, 0.5) is 0 Å². The average molecular weight is 1690 g/mol. The minimum Gasteiger partial charge on any atom is -0.493 e. The van der Waals surface area contributed by atoms with Crippen LogP contribution < -0.4 is 0 Å². The third kappa shape index (κ3) is 65.0. The van der Waals surface area contributed by atoms with Gasteiger partial charge in [0.1, 0.15) is 0 Å². The predicted octanol–water partition coefficient (Wildman–Crippen LogP) is 41.7. The van der Waals surface area contributed by atoms with Gasteiger partial charge in [-0.15, -0.1) is 0 Å². The van der Waals surface area contributed by atoms with Gasteiger partial charge in [-0.3, -0.25) is 0 Å². The molecule has 0 fully saturated rings. The molecule has 0 radical (unpaired) electrons. The first kappa shape index (κ1) is 117. The fourth-order valence-corrected chi connectivity index (χ4v) is 19.0. The largest absolute Gasteiger partial charge is 2.00 e. The molecular formula is C116H212N2Ni. The zero-order valence-corrected chi connectivity index (χ0v) is 83.9. The molecule has 1 heterocycles. The molecule has 0 aromatic heterocycles. The number of benzene rings is 2. The second-order valence-corrected chi connectivity index (χ2v) is 37.7. The summed E-state index contributed by atoms with van der Waals surface area (Å²) in [5, 5.41) is 0. The van der Waals surface area contributed by atoms with Gasteiger partial charge in [0.25, 0.3) is 0 Å². The van der Waals surface area contributed by atoms with E-state index in [1.807, 2.05) is 0 Å². The van der Waals surface area contributed by atoms with Crippen LogP contribution in [-0.4, -0.2) is 4.70 Å². The fraction of sp³-hybridized carbons (Fsp3) is 0.828. The molecule has 0 amide bonds. The average Bonchev–Trinajstić information content (AvgIpc) is 1.60. The van der Waals surface area contributed by atoms with Crippen LogP contribution in [0.15, 0.2) is 47.6 Å². The molecule has 0 atom stereocenters. The molecule has 3 rings (SSSR count). The van der Waals surface area contributed by atoms with Gasteiger partial charge >= 0.3 is 16.5 Å². The quantitative estimate of drug-likeness (QED) is 0.0273. The topological polar surface area (TPSA) is 25.3 Å². The Hall–Kier alpha value is -2.25. The third-order valence-corrected chi connectivity index (χ3v) is 26.9. The van der Waals surface area contributed by atoms with Crippen molar-refractivity contribution in [2.24, 2.45) is 0 Å². The number of allylic oxidation sites excluding steroid dienone is 4. The molecule has 0 saturated heterocycles. The van der Waals surface area contributed by atoms with Gasteiger partial charge in [-0.1, -0.05) is 550 Å². The van der Waals surface area contributed by atoms with E-state index in [1.54, 1.807) is 15.8 Å². The normalized spacial score (nSPS) is 12.3. The van der Waals surface area contributed by atoms with Crippen molar-refractivity contribution in [3.8, 4) is 0 Å². The summed E-state index contributed by atoms with van der Waals surface area (Å²) < 4.78 is 1.62. The van der Waals surface area contributed by atoms with Crippen LogP contribution in [-0.2, 0) is 55.0 Å². The summed E-state index contributed by atoms with van der Waals surface area (Å²) in [6, 6.07) is 9.74. The van der Waals surface area contributed by atoms with Gasteiger partial charge in [0.2, 0.25) is 11.4 Å². The van der Waals surface area contributed by atoms with Crippen molar-refractivity contribution in [2.45, 2.75) is 621 Å².